The summed E-state index contributed by atoms with van der Waals surface area (Å²) in [7, 11) is 0. The van der Waals surface area contributed by atoms with E-state index in [0.717, 1.165) is 54.0 Å². The molecule has 234 valence electrons. The van der Waals surface area contributed by atoms with Gasteiger partial charge in [0.05, 0.1) is 15.4 Å². The summed E-state index contributed by atoms with van der Waals surface area (Å²) in [5.74, 6) is 7.18. The van der Waals surface area contributed by atoms with Gasteiger partial charge in [-0.25, -0.2) is 14.6 Å². The second-order valence-electron chi connectivity index (χ2n) is 12.4. The van der Waals surface area contributed by atoms with Crippen molar-refractivity contribution in [2.45, 2.75) is 90.8 Å². The predicted molar refractivity (Wildman–Crippen MR) is 169 cm³/mol. The lowest BCUT2D eigenvalue weighted by atomic mass is 9.96. The second kappa shape index (κ2) is 14.8. The minimum Gasteiger partial charge on any atom is -0.446 e. The Hall–Kier alpha value is -3.52. The van der Waals surface area contributed by atoms with Crippen LogP contribution >= 0.6 is 11.3 Å². The van der Waals surface area contributed by atoms with E-state index in [0.29, 0.717) is 50.6 Å². The lowest BCUT2D eigenvalue weighted by Crippen LogP contribution is -2.41. The van der Waals surface area contributed by atoms with E-state index in [1.807, 2.05) is 44.7 Å². The van der Waals surface area contributed by atoms with E-state index in [1.54, 1.807) is 4.90 Å². The summed E-state index contributed by atoms with van der Waals surface area (Å²) in [5, 5.41) is 2.79. The average Bonchev–Trinajstić information content (AvgIpc) is 3.22. The highest BCUT2D eigenvalue weighted by molar-refractivity contribution is 7.14. The third-order valence-electron chi connectivity index (χ3n) is 7.48. The molecule has 0 bridgehead atoms. The highest BCUT2D eigenvalue weighted by Gasteiger charge is 2.27. The van der Waals surface area contributed by atoms with Crippen molar-refractivity contribution in [3.8, 4) is 11.8 Å². The van der Waals surface area contributed by atoms with Crippen LogP contribution in [0.2, 0.25) is 0 Å². The molecule has 4 rings (SSSR count). The van der Waals surface area contributed by atoms with Crippen molar-refractivity contribution in [2.24, 2.45) is 16.6 Å². The molecule has 43 heavy (non-hydrogen) atoms. The number of likely N-dealkylation sites (tertiary alicyclic amines) is 1. The van der Waals surface area contributed by atoms with E-state index < -0.39 is 5.60 Å². The molecule has 11 heteroatoms. The first kappa shape index (κ1) is 32.4. The molecule has 1 aromatic heterocycles. The zero-order valence-electron chi connectivity index (χ0n) is 25.9. The van der Waals surface area contributed by atoms with Crippen LogP contribution in [0.4, 0.5) is 15.3 Å². The van der Waals surface area contributed by atoms with Gasteiger partial charge in [-0.15, -0.1) is 11.3 Å². The Kier molecular flexibility index (Phi) is 11.1. The van der Waals surface area contributed by atoms with E-state index in [2.05, 4.69) is 22.2 Å². The summed E-state index contributed by atoms with van der Waals surface area (Å²) in [6.07, 6.45) is 7.59. The second-order valence-corrected chi connectivity index (χ2v) is 13.4. The normalized spacial score (nSPS) is 17.3. The van der Waals surface area contributed by atoms with Gasteiger partial charge < -0.3 is 30.3 Å². The number of carbonyl (C=O) groups excluding carboxylic acids is 3. The number of amidine groups is 1. The van der Waals surface area contributed by atoms with Crippen molar-refractivity contribution in [3.05, 3.63) is 21.4 Å². The fourth-order valence-corrected chi connectivity index (χ4v) is 5.95. The third kappa shape index (κ3) is 9.75. The van der Waals surface area contributed by atoms with Crippen molar-refractivity contribution in [1.82, 2.24) is 15.1 Å². The molecule has 0 aromatic carbocycles. The Bertz CT molecular complexity index is 1290. The smallest absolute Gasteiger partial charge is 0.410 e. The Morgan fingerprint density at radius 3 is 2.58 bits per heavy atom. The van der Waals surface area contributed by atoms with Gasteiger partial charge in [-0.2, -0.15) is 0 Å². The number of nitrogens with one attached hydrogen (secondary N) is 1. The number of alkyl carbamates (subject to hydrolysis) is 1. The zero-order chi connectivity index (χ0) is 31.0. The molecule has 2 fully saturated rings. The summed E-state index contributed by atoms with van der Waals surface area (Å²) >= 11 is 1.50. The van der Waals surface area contributed by atoms with Crippen molar-refractivity contribution < 1.29 is 23.9 Å². The van der Waals surface area contributed by atoms with Crippen molar-refractivity contribution in [1.29, 1.82) is 0 Å². The molecule has 1 saturated heterocycles. The molecule has 2 aliphatic heterocycles. The topological polar surface area (TPSA) is 127 Å². The van der Waals surface area contributed by atoms with Crippen LogP contribution in [-0.2, 0) is 14.3 Å². The number of nitrogens with zero attached hydrogens (tertiary/aromatic N) is 3. The Labute approximate surface area is 259 Å². The minimum atomic E-state index is -0.507. The van der Waals surface area contributed by atoms with E-state index in [1.165, 1.54) is 11.3 Å². The number of fused-ring (bicyclic) bond motifs is 1. The molecule has 0 unspecified atom stereocenters. The maximum absolute atomic E-state index is 13.6. The average molecular weight is 612 g/mol. The van der Waals surface area contributed by atoms with Crippen LogP contribution < -0.4 is 11.1 Å². The number of thiophene rings is 1. The molecule has 3 amide bonds. The van der Waals surface area contributed by atoms with Crippen molar-refractivity contribution >= 4 is 47.0 Å². The number of piperidine rings is 1. The molecule has 3 N–H and O–H groups in total. The van der Waals surface area contributed by atoms with E-state index in [9.17, 15) is 14.4 Å². The maximum Gasteiger partial charge on any atom is 0.410 e. The highest BCUT2D eigenvalue weighted by atomic mass is 32.1. The van der Waals surface area contributed by atoms with Gasteiger partial charge >= 0.3 is 12.2 Å². The number of aliphatic imine (C=N–C) groups is 1. The molecule has 3 heterocycles. The first-order chi connectivity index (χ1) is 20.5. The van der Waals surface area contributed by atoms with Gasteiger partial charge in [-0.05, 0) is 77.9 Å². The molecule has 0 radical (unpaired) electrons. The molecule has 0 atom stereocenters. The molecule has 1 aliphatic carbocycles. The van der Waals surface area contributed by atoms with Crippen LogP contribution in [0.5, 0.6) is 0 Å². The first-order valence-corrected chi connectivity index (χ1v) is 16.2. The minimum absolute atomic E-state index is 0.0464. The van der Waals surface area contributed by atoms with Crippen LogP contribution in [0, 0.1) is 17.8 Å². The number of nitrogens with two attached hydrogens (primary N) is 1. The van der Waals surface area contributed by atoms with Crippen molar-refractivity contribution in [3.63, 3.8) is 0 Å². The monoisotopic (exact) mass is 611 g/mol. The standard InChI is InChI=1S/C32H45N5O5S/c1-5-15-36(16-7-14-34-30(39)41-24-8-6-9-24)29(38)23-19-27-26(35-28(33)20-23)21-25(43-27)11-10-22-12-17-37(18-13-22)31(40)42-32(2,3)4/h19,21-22,24H,5-9,12-18,20H2,1-4H3,(H2,33,35)(H,34,39). The maximum atomic E-state index is 13.6. The lowest BCUT2D eigenvalue weighted by Gasteiger charge is -2.31. The number of hydrogen-bond donors (Lipinski definition) is 2. The number of carbonyl (C=O) groups is 3. The van der Waals surface area contributed by atoms with Gasteiger partial charge in [-0.3, -0.25) is 4.79 Å². The van der Waals surface area contributed by atoms with Crippen LogP contribution in [-0.4, -0.2) is 78.2 Å². The Morgan fingerprint density at radius 1 is 1.19 bits per heavy atom. The molecule has 10 nitrogen and oxygen atoms in total. The van der Waals surface area contributed by atoms with Crippen LogP contribution in [0.25, 0.3) is 6.08 Å². The van der Waals surface area contributed by atoms with Gasteiger partial charge in [-0.1, -0.05) is 18.8 Å². The molecular weight excluding hydrogens is 566 g/mol. The summed E-state index contributed by atoms with van der Waals surface area (Å²) < 4.78 is 10.8. The third-order valence-corrected chi connectivity index (χ3v) is 8.47. The van der Waals surface area contributed by atoms with Gasteiger partial charge in [0.25, 0.3) is 0 Å². The van der Waals surface area contributed by atoms with E-state index in [4.69, 9.17) is 15.2 Å². The SMILES string of the molecule is CCCN(CCCNC(=O)OC1CCC1)C(=O)C1=Cc2sc(C#CC3CCN(C(=O)OC(C)(C)C)CC3)cc2N=C(N)C1. The Balaban J connectivity index is 1.34. The van der Waals surface area contributed by atoms with Gasteiger partial charge in [0.2, 0.25) is 5.91 Å². The first-order valence-electron chi connectivity index (χ1n) is 15.4. The number of amides is 3. The quantitative estimate of drug-likeness (QED) is 0.298. The fourth-order valence-electron chi connectivity index (χ4n) is 5.02. The van der Waals surface area contributed by atoms with Gasteiger partial charge in [0.1, 0.15) is 17.5 Å². The molecular formula is C32H45N5O5S. The fraction of sp³-hybridized carbons (Fsp3) is 0.625. The van der Waals surface area contributed by atoms with Crippen molar-refractivity contribution in [2.75, 3.05) is 32.7 Å². The molecule has 1 aromatic rings. The number of rotatable bonds is 8. The highest BCUT2D eigenvalue weighted by Crippen LogP contribution is 2.34. The molecule has 1 saturated carbocycles. The number of ether oxygens (including phenoxy) is 2. The summed E-state index contributed by atoms with van der Waals surface area (Å²) in [5.41, 5.74) is 7.06. The Morgan fingerprint density at radius 2 is 1.93 bits per heavy atom. The molecule has 3 aliphatic rings. The van der Waals surface area contributed by atoms with Gasteiger partial charge in [0, 0.05) is 50.6 Å². The number of hydrogen-bond acceptors (Lipinski definition) is 8. The summed E-state index contributed by atoms with van der Waals surface area (Å²) in [6, 6.07) is 1.93. The molecule has 0 spiro atoms. The largest absolute Gasteiger partial charge is 0.446 e. The summed E-state index contributed by atoms with van der Waals surface area (Å²) in [6.45, 7) is 10.5. The van der Waals surface area contributed by atoms with Gasteiger partial charge in [0.15, 0.2) is 0 Å². The van der Waals surface area contributed by atoms with Crippen LogP contribution in [0.1, 0.15) is 88.8 Å². The lowest BCUT2D eigenvalue weighted by molar-refractivity contribution is -0.127. The van der Waals surface area contributed by atoms with E-state index in [-0.39, 0.29) is 36.5 Å². The van der Waals surface area contributed by atoms with E-state index >= 15 is 0 Å². The predicted octanol–water partition coefficient (Wildman–Crippen LogP) is 5.43. The van der Waals surface area contributed by atoms with Crippen LogP contribution in [0.3, 0.4) is 0 Å². The zero-order valence-corrected chi connectivity index (χ0v) is 26.7. The van der Waals surface area contributed by atoms with Crippen LogP contribution in [0.15, 0.2) is 16.6 Å². The summed E-state index contributed by atoms with van der Waals surface area (Å²) in [4.78, 5) is 47.7.